The van der Waals surface area contributed by atoms with E-state index in [-0.39, 0.29) is 17.9 Å². The van der Waals surface area contributed by atoms with Crippen LogP contribution in [0.2, 0.25) is 0 Å². The van der Waals surface area contributed by atoms with Crippen molar-refractivity contribution in [3.05, 3.63) is 53.4 Å². The molecule has 2 heterocycles. The molecule has 1 aromatic heterocycles. The van der Waals surface area contributed by atoms with Gasteiger partial charge in [0.15, 0.2) is 0 Å². The summed E-state index contributed by atoms with van der Waals surface area (Å²) in [6, 6.07) is 13.7. The number of rotatable bonds is 7. The summed E-state index contributed by atoms with van der Waals surface area (Å²) in [4.78, 5) is 12.5. The average molecular weight is 407 g/mol. The van der Waals surface area contributed by atoms with Crippen LogP contribution in [-0.2, 0) is 21.2 Å². The van der Waals surface area contributed by atoms with E-state index in [2.05, 4.69) is 17.4 Å². The number of piperidine rings is 1. The van der Waals surface area contributed by atoms with Gasteiger partial charge in [-0.15, -0.1) is 11.3 Å². The minimum atomic E-state index is -3.41. The summed E-state index contributed by atoms with van der Waals surface area (Å²) in [6.45, 7) is 2.82. The second kappa shape index (κ2) is 8.99. The van der Waals surface area contributed by atoms with Crippen molar-refractivity contribution in [3.8, 4) is 0 Å². The fraction of sp³-hybridized carbons (Fsp3) is 0.450. The number of carbonyl (C=O) groups excluding carboxylic acids is 1. The Balaban J connectivity index is 1.45. The van der Waals surface area contributed by atoms with Crippen molar-refractivity contribution in [1.29, 1.82) is 0 Å². The van der Waals surface area contributed by atoms with E-state index >= 15 is 0 Å². The second-order valence-corrected chi connectivity index (χ2v) is 10.2. The first-order chi connectivity index (χ1) is 13.0. The lowest BCUT2D eigenvalue weighted by atomic mass is 9.96. The molecule has 0 unspecified atom stereocenters. The molecule has 1 amide bonds. The molecule has 1 aromatic carbocycles. The maximum atomic E-state index is 12.6. The number of carbonyl (C=O) groups is 1. The number of aryl methyl sites for hydroxylation is 1. The summed E-state index contributed by atoms with van der Waals surface area (Å²) in [5, 5.41) is 4.86. The van der Waals surface area contributed by atoms with Crippen LogP contribution in [0.3, 0.4) is 0 Å². The standard InChI is InChI=1S/C20H26N2O3S2/c1-16(9-10-17-6-3-2-4-7-17)21-20(23)18-11-13-22(14-12-18)27(24,25)19-8-5-15-26-19/h2-8,15-16,18H,9-14H2,1H3,(H,21,23)/t16-/m0/s1. The van der Waals surface area contributed by atoms with Crippen LogP contribution in [0.15, 0.2) is 52.1 Å². The van der Waals surface area contributed by atoms with Crippen molar-refractivity contribution in [2.75, 3.05) is 13.1 Å². The van der Waals surface area contributed by atoms with Crippen molar-refractivity contribution >= 4 is 27.3 Å². The van der Waals surface area contributed by atoms with E-state index in [0.29, 0.717) is 30.1 Å². The predicted octanol–water partition coefficient (Wildman–Crippen LogP) is 3.29. The fourth-order valence-corrected chi connectivity index (χ4v) is 5.97. The van der Waals surface area contributed by atoms with Crippen LogP contribution >= 0.6 is 11.3 Å². The number of nitrogens with zero attached hydrogens (tertiary/aromatic N) is 1. The molecule has 3 rings (SSSR count). The Morgan fingerprint density at radius 1 is 1.19 bits per heavy atom. The first kappa shape index (κ1) is 20.0. The molecule has 1 aliphatic rings. The normalized spacial score (nSPS) is 17.5. The van der Waals surface area contributed by atoms with E-state index in [0.717, 1.165) is 12.8 Å². The minimum absolute atomic E-state index is 0.0451. The Bertz CT molecular complexity index is 827. The summed E-state index contributed by atoms with van der Waals surface area (Å²) < 4.78 is 27.0. The number of sulfonamides is 1. The summed E-state index contributed by atoms with van der Waals surface area (Å²) in [6.07, 6.45) is 2.96. The van der Waals surface area contributed by atoms with E-state index in [1.54, 1.807) is 17.5 Å². The van der Waals surface area contributed by atoms with E-state index in [1.165, 1.54) is 21.2 Å². The van der Waals surface area contributed by atoms with Crippen molar-refractivity contribution in [3.63, 3.8) is 0 Å². The Morgan fingerprint density at radius 3 is 2.52 bits per heavy atom. The number of amides is 1. The molecule has 1 fully saturated rings. The van der Waals surface area contributed by atoms with Gasteiger partial charge in [0.2, 0.25) is 5.91 Å². The number of nitrogens with one attached hydrogen (secondary N) is 1. The van der Waals surface area contributed by atoms with Gasteiger partial charge in [0.05, 0.1) is 0 Å². The van der Waals surface area contributed by atoms with Gasteiger partial charge in [-0.05, 0) is 49.6 Å². The lowest BCUT2D eigenvalue weighted by Gasteiger charge is -2.30. The highest BCUT2D eigenvalue weighted by Gasteiger charge is 2.32. The van der Waals surface area contributed by atoms with Crippen molar-refractivity contribution in [2.24, 2.45) is 5.92 Å². The van der Waals surface area contributed by atoms with Crippen LogP contribution < -0.4 is 5.32 Å². The molecule has 2 aromatic rings. The first-order valence-electron chi connectivity index (χ1n) is 9.35. The van der Waals surface area contributed by atoms with Gasteiger partial charge in [-0.25, -0.2) is 8.42 Å². The SMILES string of the molecule is C[C@@H](CCc1ccccc1)NC(=O)C1CCN(S(=O)(=O)c2cccs2)CC1. The maximum Gasteiger partial charge on any atom is 0.252 e. The zero-order valence-corrected chi connectivity index (χ0v) is 17.1. The van der Waals surface area contributed by atoms with Gasteiger partial charge in [0, 0.05) is 25.0 Å². The highest BCUT2D eigenvalue weighted by atomic mass is 32.2. The zero-order chi connectivity index (χ0) is 19.3. The topological polar surface area (TPSA) is 66.5 Å². The van der Waals surface area contributed by atoms with Crippen molar-refractivity contribution < 1.29 is 13.2 Å². The van der Waals surface area contributed by atoms with E-state index in [4.69, 9.17) is 0 Å². The molecule has 0 saturated carbocycles. The number of thiophene rings is 1. The van der Waals surface area contributed by atoms with Gasteiger partial charge >= 0.3 is 0 Å². The van der Waals surface area contributed by atoms with Crippen LogP contribution in [0.25, 0.3) is 0 Å². The summed E-state index contributed by atoms with van der Waals surface area (Å²) >= 11 is 1.23. The monoisotopic (exact) mass is 406 g/mol. The summed E-state index contributed by atoms with van der Waals surface area (Å²) in [5.74, 6) is -0.0669. The van der Waals surface area contributed by atoms with E-state index in [1.807, 2.05) is 25.1 Å². The zero-order valence-electron chi connectivity index (χ0n) is 15.5. The van der Waals surface area contributed by atoms with Crippen LogP contribution in [-0.4, -0.2) is 37.8 Å². The molecular formula is C20H26N2O3S2. The molecule has 5 nitrogen and oxygen atoms in total. The largest absolute Gasteiger partial charge is 0.353 e. The van der Waals surface area contributed by atoms with Gasteiger partial charge < -0.3 is 5.32 Å². The molecule has 0 radical (unpaired) electrons. The number of benzene rings is 1. The van der Waals surface area contributed by atoms with Gasteiger partial charge in [0.25, 0.3) is 10.0 Å². The van der Waals surface area contributed by atoms with Gasteiger partial charge in [0.1, 0.15) is 4.21 Å². The van der Waals surface area contributed by atoms with Crippen LogP contribution in [0.5, 0.6) is 0 Å². The van der Waals surface area contributed by atoms with Gasteiger partial charge in [-0.3, -0.25) is 4.79 Å². The fourth-order valence-electron chi connectivity index (χ4n) is 3.36. The smallest absolute Gasteiger partial charge is 0.252 e. The highest BCUT2D eigenvalue weighted by molar-refractivity contribution is 7.91. The molecule has 146 valence electrons. The second-order valence-electron chi connectivity index (χ2n) is 7.04. The lowest BCUT2D eigenvalue weighted by Crippen LogP contribution is -2.44. The third-order valence-electron chi connectivity index (χ3n) is 5.01. The van der Waals surface area contributed by atoms with Crippen LogP contribution in [0, 0.1) is 5.92 Å². The van der Waals surface area contributed by atoms with Gasteiger partial charge in [-0.2, -0.15) is 4.31 Å². The van der Waals surface area contributed by atoms with E-state index in [9.17, 15) is 13.2 Å². The molecule has 1 N–H and O–H groups in total. The number of hydrogen-bond donors (Lipinski definition) is 1. The summed E-state index contributed by atoms with van der Waals surface area (Å²) in [7, 11) is -3.41. The molecule has 27 heavy (non-hydrogen) atoms. The Labute approximate surface area is 165 Å². The minimum Gasteiger partial charge on any atom is -0.353 e. The molecule has 1 atom stereocenters. The van der Waals surface area contributed by atoms with Crippen molar-refractivity contribution in [2.45, 2.75) is 42.9 Å². The van der Waals surface area contributed by atoms with Crippen LogP contribution in [0.1, 0.15) is 31.7 Å². The molecule has 1 saturated heterocycles. The average Bonchev–Trinajstić information content (AvgIpc) is 3.23. The Morgan fingerprint density at radius 2 is 1.89 bits per heavy atom. The van der Waals surface area contributed by atoms with Gasteiger partial charge in [-0.1, -0.05) is 36.4 Å². The molecule has 7 heteroatoms. The Hall–Kier alpha value is -1.70. The molecule has 0 aliphatic carbocycles. The third kappa shape index (κ3) is 5.18. The van der Waals surface area contributed by atoms with Crippen molar-refractivity contribution in [1.82, 2.24) is 9.62 Å². The molecule has 1 aliphatic heterocycles. The molecular weight excluding hydrogens is 380 g/mol. The third-order valence-corrected chi connectivity index (χ3v) is 8.28. The first-order valence-corrected chi connectivity index (χ1v) is 11.7. The molecule has 0 spiro atoms. The highest BCUT2D eigenvalue weighted by Crippen LogP contribution is 2.26. The predicted molar refractivity (Wildman–Crippen MR) is 108 cm³/mol. The maximum absolute atomic E-state index is 12.6. The van der Waals surface area contributed by atoms with E-state index < -0.39 is 10.0 Å². The van der Waals surface area contributed by atoms with Crippen LogP contribution in [0.4, 0.5) is 0 Å². The molecule has 0 bridgehead atoms. The lowest BCUT2D eigenvalue weighted by molar-refractivity contribution is -0.126. The number of hydrogen-bond acceptors (Lipinski definition) is 4. The Kier molecular flexibility index (Phi) is 6.68. The summed E-state index contributed by atoms with van der Waals surface area (Å²) in [5.41, 5.74) is 1.27. The quantitative estimate of drug-likeness (QED) is 0.767.